The maximum atomic E-state index is 14.2. The number of fused-ring (bicyclic) bond motifs is 1. The highest BCUT2D eigenvalue weighted by molar-refractivity contribution is 5.97. The van der Waals surface area contributed by atoms with Crippen LogP contribution in [0.5, 0.6) is 11.5 Å². The van der Waals surface area contributed by atoms with Crippen LogP contribution in [-0.2, 0) is 9.53 Å². The molecule has 2 aliphatic heterocycles. The Morgan fingerprint density at radius 1 is 1.15 bits per heavy atom. The molecule has 2 fully saturated rings. The number of ether oxygens (including phenoxy) is 2. The van der Waals surface area contributed by atoms with Crippen molar-refractivity contribution in [1.29, 1.82) is 5.26 Å². The molecule has 2 saturated heterocycles. The number of nitriles is 1. The summed E-state index contributed by atoms with van der Waals surface area (Å²) in [6, 6.07) is 18.6. The normalized spacial score (nSPS) is 17.6. The lowest BCUT2D eigenvalue weighted by atomic mass is 9.95. The summed E-state index contributed by atoms with van der Waals surface area (Å²) in [5, 5.41) is 10.1. The van der Waals surface area contributed by atoms with Gasteiger partial charge in [-0.05, 0) is 75.7 Å². The van der Waals surface area contributed by atoms with Crippen LogP contribution in [0.4, 0.5) is 5.82 Å². The first-order valence-corrected chi connectivity index (χ1v) is 15.5. The molecule has 12 heteroatoms. The number of rotatable bonds is 9. The van der Waals surface area contributed by atoms with Crippen LogP contribution in [0, 0.1) is 11.3 Å². The number of hydrogen-bond donors (Lipinski definition) is 1. The maximum absolute atomic E-state index is 14.2. The summed E-state index contributed by atoms with van der Waals surface area (Å²) in [7, 11) is 0. The molecule has 2 aromatic carbocycles. The third-order valence-electron chi connectivity index (χ3n) is 8.79. The molecular weight excluding hydrogens is 584 g/mol. The van der Waals surface area contributed by atoms with E-state index in [1.165, 1.54) is 10.9 Å². The van der Waals surface area contributed by atoms with E-state index in [0.717, 1.165) is 6.54 Å². The third kappa shape index (κ3) is 5.87. The molecule has 0 bridgehead atoms. The number of nitrogens with zero attached hydrogens (tertiary/aromatic N) is 7. The van der Waals surface area contributed by atoms with Crippen molar-refractivity contribution in [3.05, 3.63) is 83.1 Å². The molecule has 12 nitrogen and oxygen atoms in total. The lowest BCUT2D eigenvalue weighted by Crippen LogP contribution is -2.57. The maximum Gasteiger partial charge on any atom is 0.335 e. The van der Waals surface area contributed by atoms with E-state index in [2.05, 4.69) is 27.9 Å². The fraction of sp³-hybridized carbons (Fsp3) is 0.382. The van der Waals surface area contributed by atoms with Gasteiger partial charge in [-0.2, -0.15) is 5.26 Å². The van der Waals surface area contributed by atoms with Gasteiger partial charge in [-0.25, -0.2) is 14.8 Å². The topological polar surface area (TPSA) is 145 Å². The van der Waals surface area contributed by atoms with Crippen molar-refractivity contribution < 1.29 is 14.3 Å². The van der Waals surface area contributed by atoms with Crippen molar-refractivity contribution in [1.82, 2.24) is 28.9 Å². The van der Waals surface area contributed by atoms with Crippen LogP contribution in [0.2, 0.25) is 0 Å². The van der Waals surface area contributed by atoms with Gasteiger partial charge in [0.15, 0.2) is 11.5 Å². The second-order valence-corrected chi connectivity index (χ2v) is 12.2. The van der Waals surface area contributed by atoms with Crippen LogP contribution < -0.4 is 16.2 Å². The van der Waals surface area contributed by atoms with Gasteiger partial charge in [-0.1, -0.05) is 25.1 Å². The molecule has 46 heavy (non-hydrogen) atoms. The second kappa shape index (κ2) is 12.8. The molecule has 2 aliphatic rings. The Bertz CT molecular complexity index is 1850. The Morgan fingerprint density at radius 3 is 2.52 bits per heavy atom. The number of para-hydroxylation sites is 1. The highest BCUT2D eigenvalue weighted by atomic mass is 16.5. The number of benzene rings is 2. The number of carbonyl (C=O) groups excluding carboxylic acids is 1. The Hall–Kier alpha value is -4.99. The predicted octanol–water partition coefficient (Wildman–Crippen LogP) is 4.07. The number of aromatic nitrogens is 4. The van der Waals surface area contributed by atoms with Gasteiger partial charge >= 0.3 is 5.69 Å². The fourth-order valence-electron chi connectivity index (χ4n) is 6.56. The van der Waals surface area contributed by atoms with Crippen LogP contribution >= 0.6 is 0 Å². The molecule has 1 amide bonds. The summed E-state index contributed by atoms with van der Waals surface area (Å²) in [6.07, 6.45) is 4.41. The minimum absolute atomic E-state index is 0.0866. The predicted molar refractivity (Wildman–Crippen MR) is 174 cm³/mol. The molecule has 238 valence electrons. The van der Waals surface area contributed by atoms with Gasteiger partial charge in [0.2, 0.25) is 0 Å². The van der Waals surface area contributed by atoms with E-state index in [9.17, 15) is 14.9 Å². The van der Waals surface area contributed by atoms with Gasteiger partial charge in [-0.15, -0.1) is 0 Å². The van der Waals surface area contributed by atoms with Crippen molar-refractivity contribution in [2.75, 3.05) is 38.6 Å². The van der Waals surface area contributed by atoms with Gasteiger partial charge in [0.25, 0.3) is 5.91 Å². The number of nitrogens with two attached hydrogens (primary N) is 1. The number of piperidine rings is 1. The lowest BCUT2D eigenvalue weighted by Gasteiger charge is -2.45. The average Bonchev–Trinajstić information content (AvgIpc) is 3.34. The van der Waals surface area contributed by atoms with Crippen molar-refractivity contribution >= 4 is 22.9 Å². The average molecular weight is 623 g/mol. The first-order valence-electron chi connectivity index (χ1n) is 15.5. The van der Waals surface area contributed by atoms with Gasteiger partial charge in [0.05, 0.1) is 31.0 Å². The Morgan fingerprint density at radius 2 is 1.87 bits per heavy atom. The summed E-state index contributed by atoms with van der Waals surface area (Å²) in [4.78, 5) is 40.5. The van der Waals surface area contributed by atoms with E-state index in [1.807, 2.05) is 44.2 Å². The third-order valence-corrected chi connectivity index (χ3v) is 8.79. The number of anilines is 1. The van der Waals surface area contributed by atoms with E-state index in [1.54, 1.807) is 39.8 Å². The summed E-state index contributed by atoms with van der Waals surface area (Å²) in [6.45, 7) is 8.85. The summed E-state index contributed by atoms with van der Waals surface area (Å²) in [5.41, 5.74) is 6.92. The quantitative estimate of drug-likeness (QED) is 0.216. The highest BCUT2D eigenvalue weighted by Gasteiger charge is 2.36. The van der Waals surface area contributed by atoms with Gasteiger partial charge < -0.3 is 20.1 Å². The highest BCUT2D eigenvalue weighted by Crippen LogP contribution is 2.30. The number of hydrogen-bond acceptors (Lipinski definition) is 9. The number of amides is 1. The van der Waals surface area contributed by atoms with Crippen LogP contribution in [0.25, 0.3) is 16.9 Å². The van der Waals surface area contributed by atoms with E-state index in [0.29, 0.717) is 61.0 Å². The zero-order valence-corrected chi connectivity index (χ0v) is 26.3. The standard InChI is InChI=1S/C34H38N8O4/c1-4-40(26-20-45-21-26)34(2,3)17-23(18-35)32(43)39-16-8-9-25(19-39)42-31-29(30(36)37-22-38-31)41(33(42)44)24-12-14-28(15-13-24)46-27-10-6-5-7-11-27/h5-7,10-15,17,22,25-26H,4,8-9,16,19-21H2,1-3H3,(H2,36,37,38)/t25-/m0/s1. The monoisotopic (exact) mass is 622 g/mol. The zero-order valence-electron chi connectivity index (χ0n) is 26.3. The van der Waals surface area contributed by atoms with E-state index in [-0.39, 0.29) is 41.6 Å². The van der Waals surface area contributed by atoms with Crippen molar-refractivity contribution in [2.45, 2.75) is 51.2 Å². The molecular formula is C34H38N8O4. The number of likely N-dealkylation sites (tertiary alicyclic amines) is 1. The minimum atomic E-state index is -0.528. The number of nitrogen functional groups attached to an aromatic ring is 1. The van der Waals surface area contributed by atoms with Crippen molar-refractivity contribution in [2.24, 2.45) is 0 Å². The number of imidazole rings is 1. The largest absolute Gasteiger partial charge is 0.457 e. The fourth-order valence-corrected chi connectivity index (χ4v) is 6.56. The second-order valence-electron chi connectivity index (χ2n) is 12.2. The summed E-state index contributed by atoms with van der Waals surface area (Å²) >= 11 is 0. The first kappa shape index (κ1) is 31.0. The molecule has 4 heterocycles. The van der Waals surface area contributed by atoms with Crippen LogP contribution in [0.3, 0.4) is 0 Å². The summed E-state index contributed by atoms with van der Waals surface area (Å²) in [5.74, 6) is 1.14. The molecule has 0 radical (unpaired) electrons. The van der Waals surface area contributed by atoms with Crippen LogP contribution in [0.15, 0.2) is 77.4 Å². The van der Waals surface area contributed by atoms with Crippen LogP contribution in [-0.4, -0.2) is 79.2 Å². The number of likely N-dealkylation sites (N-methyl/N-ethyl adjacent to an activating group) is 1. The van der Waals surface area contributed by atoms with E-state index < -0.39 is 5.54 Å². The Kier molecular flexibility index (Phi) is 8.62. The van der Waals surface area contributed by atoms with Gasteiger partial charge in [-0.3, -0.25) is 18.8 Å². The smallest absolute Gasteiger partial charge is 0.335 e. The van der Waals surface area contributed by atoms with Crippen molar-refractivity contribution in [3.8, 4) is 23.3 Å². The number of carbonyl (C=O) groups is 1. The molecule has 0 aliphatic carbocycles. The van der Waals surface area contributed by atoms with E-state index >= 15 is 0 Å². The molecule has 2 N–H and O–H groups in total. The molecule has 6 rings (SSSR count). The lowest BCUT2D eigenvalue weighted by molar-refractivity contribution is -0.128. The summed E-state index contributed by atoms with van der Waals surface area (Å²) < 4.78 is 14.4. The Labute approximate surface area is 267 Å². The Balaban J connectivity index is 1.29. The van der Waals surface area contributed by atoms with Gasteiger partial charge in [0, 0.05) is 18.6 Å². The SMILES string of the molecule is CCN(C1COC1)C(C)(C)C=C(C#N)C(=O)N1CCC[C@H](n2c(=O)n(-c3ccc(Oc4ccccc4)cc3)c3c(N)ncnc32)C1. The molecule has 0 unspecified atom stereocenters. The van der Waals surface area contributed by atoms with Gasteiger partial charge in [0.1, 0.15) is 35.0 Å². The minimum Gasteiger partial charge on any atom is -0.457 e. The van der Waals surface area contributed by atoms with E-state index in [4.69, 9.17) is 15.2 Å². The van der Waals surface area contributed by atoms with Crippen LogP contribution in [0.1, 0.15) is 39.7 Å². The molecule has 1 atom stereocenters. The molecule has 0 spiro atoms. The molecule has 2 aromatic heterocycles. The van der Waals surface area contributed by atoms with Crippen molar-refractivity contribution in [3.63, 3.8) is 0 Å². The zero-order chi connectivity index (χ0) is 32.4. The molecule has 0 saturated carbocycles. The molecule has 4 aromatic rings. The first-order chi connectivity index (χ1) is 22.2.